The Morgan fingerprint density at radius 2 is 2.60 bits per heavy atom. The zero-order valence-electron chi connectivity index (χ0n) is 5.45. The molecule has 2 N–H and O–H groups in total. The van der Waals surface area contributed by atoms with E-state index >= 15 is 0 Å². The number of nitriles is 1. The molecule has 1 heterocycles. The van der Waals surface area contributed by atoms with Crippen molar-refractivity contribution in [2.75, 3.05) is 0 Å². The van der Waals surface area contributed by atoms with Crippen LogP contribution in [0, 0.1) is 11.3 Å². The minimum absolute atomic E-state index is 0.278. The van der Waals surface area contributed by atoms with Crippen molar-refractivity contribution in [2.45, 2.75) is 12.5 Å². The molecule has 0 aliphatic heterocycles. The summed E-state index contributed by atoms with van der Waals surface area (Å²) in [7, 11) is 0. The lowest BCUT2D eigenvalue weighted by atomic mass is 10.2. The number of nitrogens with two attached hydrogens (primary N) is 1. The van der Waals surface area contributed by atoms with E-state index in [1.165, 1.54) is 0 Å². The molecule has 0 fully saturated rings. The predicted octanol–water partition coefficient (Wildman–Crippen LogP) is 1.19. The van der Waals surface area contributed by atoms with Crippen LogP contribution in [0.5, 0.6) is 0 Å². The van der Waals surface area contributed by atoms with Crippen molar-refractivity contribution in [3.63, 3.8) is 0 Å². The van der Waals surface area contributed by atoms with Gasteiger partial charge in [0.05, 0.1) is 24.8 Å². The van der Waals surface area contributed by atoms with Gasteiger partial charge in [-0.1, -0.05) is 0 Å². The smallest absolute Gasteiger partial charge is 0.121 e. The summed E-state index contributed by atoms with van der Waals surface area (Å²) in [6.45, 7) is 0. The molecule has 0 aliphatic carbocycles. The average molecular weight is 136 g/mol. The highest BCUT2D eigenvalue weighted by molar-refractivity contribution is 5.05. The zero-order valence-corrected chi connectivity index (χ0v) is 5.45. The Kier molecular flexibility index (Phi) is 2.08. The van der Waals surface area contributed by atoms with Gasteiger partial charge in [-0.25, -0.2) is 0 Å². The fourth-order valence-electron chi connectivity index (χ4n) is 0.701. The Balaban J connectivity index is 2.61. The van der Waals surface area contributed by atoms with E-state index in [0.717, 1.165) is 0 Å². The first kappa shape index (κ1) is 6.84. The molecule has 0 spiro atoms. The predicted molar refractivity (Wildman–Crippen MR) is 35.9 cm³/mol. The average Bonchev–Trinajstić information content (AvgIpc) is 2.38. The summed E-state index contributed by atoms with van der Waals surface area (Å²) in [5.41, 5.74) is 5.53. The lowest BCUT2D eigenvalue weighted by molar-refractivity contribution is 0.469. The van der Waals surface area contributed by atoms with Gasteiger partial charge < -0.3 is 10.2 Å². The van der Waals surface area contributed by atoms with E-state index in [2.05, 4.69) is 0 Å². The Labute approximate surface area is 59.1 Å². The highest BCUT2D eigenvalue weighted by atomic mass is 16.3. The molecule has 52 valence electrons. The molecule has 3 heteroatoms. The van der Waals surface area contributed by atoms with Gasteiger partial charge in [0.1, 0.15) is 5.76 Å². The fourth-order valence-corrected chi connectivity index (χ4v) is 0.701. The summed E-state index contributed by atoms with van der Waals surface area (Å²) in [5, 5.41) is 8.26. The van der Waals surface area contributed by atoms with Crippen molar-refractivity contribution in [2.24, 2.45) is 5.73 Å². The monoisotopic (exact) mass is 136 g/mol. The van der Waals surface area contributed by atoms with Crippen molar-refractivity contribution in [1.29, 1.82) is 5.26 Å². The molecule has 0 bridgehead atoms. The molecular weight excluding hydrogens is 128 g/mol. The highest BCUT2D eigenvalue weighted by Gasteiger charge is 2.06. The van der Waals surface area contributed by atoms with Crippen LogP contribution >= 0.6 is 0 Å². The van der Waals surface area contributed by atoms with Crippen molar-refractivity contribution in [3.8, 4) is 6.07 Å². The molecule has 0 unspecified atom stereocenters. The quantitative estimate of drug-likeness (QED) is 0.664. The lowest BCUT2D eigenvalue weighted by Gasteiger charge is -2.00. The normalized spacial score (nSPS) is 12.4. The summed E-state index contributed by atoms with van der Waals surface area (Å²) >= 11 is 0. The van der Waals surface area contributed by atoms with E-state index < -0.39 is 0 Å². The molecule has 1 rings (SSSR count). The summed E-state index contributed by atoms with van der Waals surface area (Å²) < 4.78 is 4.97. The van der Waals surface area contributed by atoms with Gasteiger partial charge in [-0.05, 0) is 12.1 Å². The minimum atomic E-state index is -0.278. The Morgan fingerprint density at radius 3 is 3.10 bits per heavy atom. The van der Waals surface area contributed by atoms with Crippen molar-refractivity contribution >= 4 is 0 Å². The third kappa shape index (κ3) is 1.36. The Morgan fingerprint density at radius 1 is 1.80 bits per heavy atom. The number of furan rings is 1. The van der Waals surface area contributed by atoms with E-state index in [1.807, 2.05) is 6.07 Å². The van der Waals surface area contributed by atoms with Crippen LogP contribution in [0.25, 0.3) is 0 Å². The van der Waals surface area contributed by atoms with Gasteiger partial charge in [0, 0.05) is 0 Å². The van der Waals surface area contributed by atoms with Crippen LogP contribution in [-0.2, 0) is 0 Å². The van der Waals surface area contributed by atoms with E-state index in [0.29, 0.717) is 12.2 Å². The van der Waals surface area contributed by atoms with Crippen LogP contribution in [0.4, 0.5) is 0 Å². The molecule has 3 nitrogen and oxygen atoms in total. The summed E-state index contributed by atoms with van der Waals surface area (Å²) in [6, 6.07) is 5.22. The fraction of sp³-hybridized carbons (Fsp3) is 0.286. The molecule has 0 aliphatic rings. The second-order valence-corrected chi connectivity index (χ2v) is 1.98. The second kappa shape index (κ2) is 3.04. The van der Waals surface area contributed by atoms with E-state index in [9.17, 15) is 0 Å². The van der Waals surface area contributed by atoms with Crippen LogP contribution in [-0.4, -0.2) is 0 Å². The third-order valence-electron chi connectivity index (χ3n) is 1.22. The summed E-state index contributed by atoms with van der Waals surface area (Å²) in [6.07, 6.45) is 1.85. The maximum absolute atomic E-state index is 8.26. The molecule has 10 heavy (non-hydrogen) atoms. The van der Waals surface area contributed by atoms with Crippen LogP contribution in [0.1, 0.15) is 18.2 Å². The lowest BCUT2D eigenvalue weighted by Crippen LogP contribution is -2.07. The van der Waals surface area contributed by atoms with E-state index in [-0.39, 0.29) is 6.04 Å². The zero-order chi connectivity index (χ0) is 7.40. The molecule has 0 amide bonds. The highest BCUT2D eigenvalue weighted by Crippen LogP contribution is 2.12. The molecule has 1 aromatic rings. The van der Waals surface area contributed by atoms with Crippen molar-refractivity contribution < 1.29 is 4.42 Å². The maximum Gasteiger partial charge on any atom is 0.121 e. The maximum atomic E-state index is 8.26. The van der Waals surface area contributed by atoms with Crippen LogP contribution in [0.15, 0.2) is 22.8 Å². The molecule has 0 radical (unpaired) electrons. The number of hydrogen-bond acceptors (Lipinski definition) is 3. The topological polar surface area (TPSA) is 63.0 Å². The van der Waals surface area contributed by atoms with Crippen LogP contribution < -0.4 is 5.73 Å². The van der Waals surface area contributed by atoms with Crippen molar-refractivity contribution in [1.82, 2.24) is 0 Å². The van der Waals surface area contributed by atoms with Gasteiger partial charge >= 0.3 is 0 Å². The van der Waals surface area contributed by atoms with Gasteiger partial charge in [-0.3, -0.25) is 0 Å². The van der Waals surface area contributed by atoms with Crippen LogP contribution in [0.3, 0.4) is 0 Å². The third-order valence-corrected chi connectivity index (χ3v) is 1.22. The molecular formula is C7H8N2O. The molecule has 0 saturated carbocycles. The molecule has 0 saturated heterocycles. The van der Waals surface area contributed by atoms with Gasteiger partial charge in [0.25, 0.3) is 0 Å². The van der Waals surface area contributed by atoms with E-state index in [4.69, 9.17) is 15.4 Å². The molecule has 0 aromatic carbocycles. The molecule has 1 atom stereocenters. The SMILES string of the molecule is N#CC[C@@H](N)c1ccco1. The first-order valence-corrected chi connectivity index (χ1v) is 3.00. The number of hydrogen-bond donors (Lipinski definition) is 1. The minimum Gasteiger partial charge on any atom is -0.468 e. The Bertz CT molecular complexity index is 222. The second-order valence-electron chi connectivity index (χ2n) is 1.98. The van der Waals surface area contributed by atoms with Gasteiger partial charge in [0.2, 0.25) is 0 Å². The van der Waals surface area contributed by atoms with Gasteiger partial charge in [-0.2, -0.15) is 5.26 Å². The van der Waals surface area contributed by atoms with Gasteiger partial charge in [0.15, 0.2) is 0 Å². The van der Waals surface area contributed by atoms with Crippen LogP contribution in [0.2, 0.25) is 0 Å². The molecule has 1 aromatic heterocycles. The number of nitrogens with zero attached hydrogens (tertiary/aromatic N) is 1. The summed E-state index contributed by atoms with van der Waals surface area (Å²) in [5.74, 6) is 0.668. The van der Waals surface area contributed by atoms with Gasteiger partial charge in [-0.15, -0.1) is 0 Å². The largest absolute Gasteiger partial charge is 0.468 e. The summed E-state index contributed by atoms with van der Waals surface area (Å²) in [4.78, 5) is 0. The first-order chi connectivity index (χ1) is 4.84. The Hall–Kier alpha value is -1.27. The standard InChI is InChI=1S/C7H8N2O/c8-4-3-6(9)7-2-1-5-10-7/h1-2,5-6H,3,9H2/t6-/m1/s1. The van der Waals surface area contributed by atoms with Crippen molar-refractivity contribution in [3.05, 3.63) is 24.2 Å². The van der Waals surface area contributed by atoms with E-state index in [1.54, 1.807) is 18.4 Å². The number of rotatable bonds is 2. The first-order valence-electron chi connectivity index (χ1n) is 3.00.